The van der Waals surface area contributed by atoms with Crippen LogP contribution in [0.25, 0.3) is 0 Å². The Balaban J connectivity index is 1.61. The summed E-state index contributed by atoms with van der Waals surface area (Å²) in [6, 6.07) is 6.31. The molecule has 2 aromatic rings. The van der Waals surface area contributed by atoms with E-state index < -0.39 is 11.8 Å². The number of carbonyl (C=O) groups excluding carboxylic acids is 2. The van der Waals surface area contributed by atoms with Crippen molar-refractivity contribution < 1.29 is 9.59 Å². The highest BCUT2D eigenvalue weighted by molar-refractivity contribution is 7.14. The number of nitrogens with zero attached hydrogens (tertiary/aromatic N) is 2. The number of thiazole rings is 1. The molecule has 1 heterocycles. The summed E-state index contributed by atoms with van der Waals surface area (Å²) in [4.78, 5) is 28.0. The van der Waals surface area contributed by atoms with E-state index in [4.69, 9.17) is 16.9 Å². The Bertz CT molecular complexity index is 823. The van der Waals surface area contributed by atoms with Crippen LogP contribution in [0.5, 0.6) is 0 Å². The number of hydrogen-bond acceptors (Lipinski definition) is 5. The zero-order chi connectivity index (χ0) is 16.4. The predicted molar refractivity (Wildman–Crippen MR) is 87.5 cm³/mol. The number of benzene rings is 1. The second kappa shape index (κ2) is 6.36. The number of hydrogen-bond donors (Lipinski definition) is 2. The van der Waals surface area contributed by atoms with Gasteiger partial charge in [-0.1, -0.05) is 11.6 Å². The summed E-state index contributed by atoms with van der Waals surface area (Å²) in [6.45, 7) is 0. The highest BCUT2D eigenvalue weighted by atomic mass is 35.5. The Labute approximate surface area is 141 Å². The van der Waals surface area contributed by atoms with Crippen LogP contribution in [-0.2, 0) is 9.59 Å². The van der Waals surface area contributed by atoms with Gasteiger partial charge in [-0.2, -0.15) is 5.26 Å². The van der Waals surface area contributed by atoms with E-state index in [0.29, 0.717) is 22.3 Å². The Morgan fingerprint density at radius 2 is 2.04 bits per heavy atom. The van der Waals surface area contributed by atoms with E-state index in [0.717, 1.165) is 18.5 Å². The number of anilines is 2. The van der Waals surface area contributed by atoms with Gasteiger partial charge in [0.2, 0.25) is 0 Å². The molecular formula is C15H11ClN4O2S. The van der Waals surface area contributed by atoms with Gasteiger partial charge in [0.1, 0.15) is 6.07 Å². The van der Waals surface area contributed by atoms with Crippen molar-refractivity contribution in [1.29, 1.82) is 5.26 Å². The summed E-state index contributed by atoms with van der Waals surface area (Å²) in [7, 11) is 0. The van der Waals surface area contributed by atoms with Crippen molar-refractivity contribution >= 4 is 45.6 Å². The van der Waals surface area contributed by atoms with Crippen LogP contribution in [0.1, 0.15) is 30.0 Å². The third-order valence-corrected chi connectivity index (χ3v) is 4.38. The second-order valence-electron chi connectivity index (χ2n) is 5.07. The molecule has 1 aliphatic carbocycles. The van der Waals surface area contributed by atoms with Crippen LogP contribution in [-0.4, -0.2) is 16.8 Å². The van der Waals surface area contributed by atoms with Crippen LogP contribution in [0.2, 0.25) is 5.02 Å². The fourth-order valence-electron chi connectivity index (χ4n) is 1.94. The third kappa shape index (κ3) is 3.67. The highest BCUT2D eigenvalue weighted by Gasteiger charge is 2.26. The van der Waals surface area contributed by atoms with Crippen molar-refractivity contribution in [2.45, 2.75) is 18.8 Å². The molecule has 0 bridgehead atoms. The Morgan fingerprint density at radius 1 is 1.30 bits per heavy atom. The molecule has 116 valence electrons. The van der Waals surface area contributed by atoms with E-state index in [-0.39, 0.29) is 5.02 Å². The highest BCUT2D eigenvalue weighted by Crippen LogP contribution is 2.40. The maximum Gasteiger partial charge on any atom is 0.315 e. The molecule has 0 spiro atoms. The first-order chi connectivity index (χ1) is 11.1. The Kier molecular flexibility index (Phi) is 4.28. The topological polar surface area (TPSA) is 94.9 Å². The number of carbonyl (C=O) groups is 2. The van der Waals surface area contributed by atoms with Gasteiger partial charge in [0.25, 0.3) is 0 Å². The van der Waals surface area contributed by atoms with Crippen molar-refractivity contribution in [3.05, 3.63) is 39.9 Å². The number of halogens is 1. The molecule has 8 heteroatoms. The summed E-state index contributed by atoms with van der Waals surface area (Å²) in [5, 5.41) is 16.2. The first kappa shape index (κ1) is 15.5. The van der Waals surface area contributed by atoms with Crippen molar-refractivity contribution in [3.8, 4) is 6.07 Å². The molecule has 0 radical (unpaired) electrons. The van der Waals surface area contributed by atoms with E-state index in [1.165, 1.54) is 29.5 Å². The zero-order valence-corrected chi connectivity index (χ0v) is 13.4. The number of nitriles is 1. The summed E-state index contributed by atoms with van der Waals surface area (Å²) in [5.41, 5.74) is 1.60. The van der Waals surface area contributed by atoms with Gasteiger partial charge in [0.05, 0.1) is 16.3 Å². The fourth-order valence-corrected chi connectivity index (χ4v) is 2.95. The molecule has 1 aromatic carbocycles. The van der Waals surface area contributed by atoms with E-state index in [1.807, 2.05) is 11.4 Å². The molecule has 1 aromatic heterocycles. The average Bonchev–Trinajstić information content (AvgIpc) is 3.27. The van der Waals surface area contributed by atoms with Gasteiger partial charge in [-0.25, -0.2) is 4.98 Å². The molecule has 3 rings (SSSR count). The normalized spacial score (nSPS) is 13.2. The van der Waals surface area contributed by atoms with E-state index in [2.05, 4.69) is 15.6 Å². The third-order valence-electron chi connectivity index (χ3n) is 3.29. The molecule has 2 N–H and O–H groups in total. The summed E-state index contributed by atoms with van der Waals surface area (Å²) < 4.78 is 0. The van der Waals surface area contributed by atoms with Crippen LogP contribution >= 0.6 is 22.9 Å². The number of nitrogens with one attached hydrogen (secondary N) is 2. The first-order valence-electron chi connectivity index (χ1n) is 6.84. The molecule has 2 amide bonds. The van der Waals surface area contributed by atoms with E-state index in [1.54, 1.807) is 0 Å². The van der Waals surface area contributed by atoms with Gasteiger partial charge in [-0.05, 0) is 31.0 Å². The Morgan fingerprint density at radius 3 is 2.70 bits per heavy atom. The maximum absolute atomic E-state index is 11.9. The van der Waals surface area contributed by atoms with Gasteiger partial charge in [0, 0.05) is 17.0 Å². The molecule has 0 atom stereocenters. The molecule has 1 saturated carbocycles. The van der Waals surface area contributed by atoms with Gasteiger partial charge < -0.3 is 5.32 Å². The smallest absolute Gasteiger partial charge is 0.315 e. The summed E-state index contributed by atoms with van der Waals surface area (Å²) in [5.74, 6) is -1.14. The minimum atomic E-state index is -0.825. The van der Waals surface area contributed by atoms with Gasteiger partial charge in [-0.3, -0.25) is 14.9 Å². The molecule has 23 heavy (non-hydrogen) atoms. The molecule has 0 unspecified atom stereocenters. The largest absolute Gasteiger partial charge is 0.318 e. The van der Waals surface area contributed by atoms with Crippen LogP contribution in [0, 0.1) is 11.3 Å². The lowest BCUT2D eigenvalue weighted by molar-refractivity contribution is -0.132. The molecule has 0 aliphatic heterocycles. The van der Waals surface area contributed by atoms with Crippen molar-refractivity contribution in [2.24, 2.45) is 0 Å². The van der Waals surface area contributed by atoms with Crippen LogP contribution in [0.4, 0.5) is 10.8 Å². The average molecular weight is 347 g/mol. The lowest BCUT2D eigenvalue weighted by Crippen LogP contribution is -2.29. The number of rotatable bonds is 3. The van der Waals surface area contributed by atoms with E-state index in [9.17, 15) is 9.59 Å². The fraction of sp³-hybridized carbons (Fsp3) is 0.200. The SMILES string of the molecule is N#Cc1ccc(NC(=O)C(=O)Nc2nc(C3CC3)cs2)cc1Cl. The van der Waals surface area contributed by atoms with Gasteiger partial charge in [0.15, 0.2) is 5.13 Å². The molecule has 1 fully saturated rings. The quantitative estimate of drug-likeness (QED) is 0.835. The lowest BCUT2D eigenvalue weighted by atomic mass is 10.2. The zero-order valence-electron chi connectivity index (χ0n) is 11.8. The molecule has 1 aliphatic rings. The van der Waals surface area contributed by atoms with Gasteiger partial charge >= 0.3 is 11.8 Å². The first-order valence-corrected chi connectivity index (χ1v) is 8.10. The lowest BCUT2D eigenvalue weighted by Gasteiger charge is -2.05. The maximum atomic E-state index is 11.9. The van der Waals surface area contributed by atoms with Crippen molar-refractivity contribution in [3.63, 3.8) is 0 Å². The van der Waals surface area contributed by atoms with Gasteiger partial charge in [-0.15, -0.1) is 11.3 Å². The Hall–Kier alpha value is -2.43. The van der Waals surface area contributed by atoms with E-state index >= 15 is 0 Å². The van der Waals surface area contributed by atoms with Crippen LogP contribution < -0.4 is 10.6 Å². The predicted octanol–water partition coefficient (Wildman–Crippen LogP) is 3.12. The molecule has 6 nitrogen and oxygen atoms in total. The monoisotopic (exact) mass is 346 g/mol. The molecular weight excluding hydrogens is 336 g/mol. The van der Waals surface area contributed by atoms with Crippen molar-refractivity contribution in [1.82, 2.24) is 4.98 Å². The minimum absolute atomic E-state index is 0.208. The van der Waals surface area contributed by atoms with Crippen molar-refractivity contribution in [2.75, 3.05) is 10.6 Å². The summed E-state index contributed by atoms with van der Waals surface area (Å²) >= 11 is 7.17. The number of amides is 2. The summed E-state index contributed by atoms with van der Waals surface area (Å²) in [6.07, 6.45) is 2.24. The van der Waals surface area contributed by atoms with Crippen LogP contribution in [0.3, 0.4) is 0 Å². The molecule has 0 saturated heterocycles. The minimum Gasteiger partial charge on any atom is -0.318 e. The standard InChI is InChI=1S/C15H11ClN4O2S/c16-11-5-10(4-3-9(11)6-17)18-13(21)14(22)20-15-19-12(7-23-15)8-1-2-8/h3-5,7-8H,1-2H2,(H,18,21)(H,19,20,22). The second-order valence-corrected chi connectivity index (χ2v) is 6.33. The van der Waals surface area contributed by atoms with Crippen LogP contribution in [0.15, 0.2) is 23.6 Å². The number of aromatic nitrogens is 1.